The molecule has 0 saturated carbocycles. The molecule has 0 amide bonds. The Morgan fingerprint density at radius 2 is 1.91 bits per heavy atom. The second-order valence-electron chi connectivity index (χ2n) is 5.40. The van der Waals surface area contributed by atoms with Crippen LogP contribution in [0.15, 0.2) is 42.6 Å². The van der Waals surface area contributed by atoms with Crippen LogP contribution in [-0.2, 0) is 10.9 Å². The van der Waals surface area contributed by atoms with Gasteiger partial charge in [0.2, 0.25) is 5.95 Å². The van der Waals surface area contributed by atoms with Crippen LogP contribution in [0.3, 0.4) is 0 Å². The van der Waals surface area contributed by atoms with Gasteiger partial charge in [-0.3, -0.25) is 0 Å². The molecule has 0 radical (unpaired) electrons. The van der Waals surface area contributed by atoms with Crippen molar-refractivity contribution in [2.24, 2.45) is 0 Å². The Hall–Kier alpha value is -2.15. The first kappa shape index (κ1) is 15.7. The van der Waals surface area contributed by atoms with E-state index in [2.05, 4.69) is 15.3 Å². The highest BCUT2D eigenvalue weighted by molar-refractivity contribution is 5.28. The van der Waals surface area contributed by atoms with E-state index in [-0.39, 0.29) is 18.1 Å². The number of ether oxygens (including phenoxy) is 1. The standard InChI is InChI=1S/C16H16F3N3O/c17-16(18,19)14-6-8-20-15(22-14)21-12-7-9-23-13(10-12)11-4-2-1-3-5-11/h1-6,8,12-13H,7,9-10H2,(H,20,21,22)/t12-,13+/m1/s1. The van der Waals surface area contributed by atoms with Crippen molar-refractivity contribution in [2.75, 3.05) is 11.9 Å². The number of hydrogen-bond acceptors (Lipinski definition) is 4. The van der Waals surface area contributed by atoms with Crippen LogP contribution in [0.2, 0.25) is 0 Å². The van der Waals surface area contributed by atoms with Crippen molar-refractivity contribution >= 4 is 5.95 Å². The molecule has 1 aliphatic rings. The van der Waals surface area contributed by atoms with Gasteiger partial charge in [0, 0.05) is 18.8 Å². The summed E-state index contributed by atoms with van der Waals surface area (Å²) in [5.41, 5.74) is 0.116. The maximum absolute atomic E-state index is 12.7. The molecule has 1 aliphatic heterocycles. The summed E-state index contributed by atoms with van der Waals surface area (Å²) in [7, 11) is 0. The summed E-state index contributed by atoms with van der Waals surface area (Å²) in [5, 5.41) is 2.99. The molecule has 0 spiro atoms. The molecule has 4 nitrogen and oxygen atoms in total. The summed E-state index contributed by atoms with van der Waals surface area (Å²) in [6, 6.07) is 10.6. The fourth-order valence-electron chi connectivity index (χ4n) is 2.60. The molecule has 23 heavy (non-hydrogen) atoms. The topological polar surface area (TPSA) is 47.0 Å². The molecule has 1 aromatic heterocycles. The number of aromatic nitrogens is 2. The minimum atomic E-state index is -4.47. The number of nitrogens with zero attached hydrogens (tertiary/aromatic N) is 2. The molecule has 2 atom stereocenters. The van der Waals surface area contributed by atoms with Crippen LogP contribution < -0.4 is 5.32 Å². The second-order valence-corrected chi connectivity index (χ2v) is 5.40. The van der Waals surface area contributed by atoms with Crippen LogP contribution >= 0.6 is 0 Å². The van der Waals surface area contributed by atoms with E-state index < -0.39 is 11.9 Å². The highest BCUT2D eigenvalue weighted by Gasteiger charge is 2.33. The number of anilines is 1. The lowest BCUT2D eigenvalue weighted by Crippen LogP contribution is -2.31. The minimum absolute atomic E-state index is 0.00135. The number of hydrogen-bond donors (Lipinski definition) is 1. The van der Waals surface area contributed by atoms with Crippen LogP contribution in [0.25, 0.3) is 0 Å². The van der Waals surface area contributed by atoms with E-state index in [4.69, 9.17) is 4.74 Å². The summed E-state index contributed by atoms with van der Waals surface area (Å²) in [5.74, 6) is -0.00135. The summed E-state index contributed by atoms with van der Waals surface area (Å²) < 4.78 is 43.8. The first-order valence-corrected chi connectivity index (χ1v) is 7.36. The molecule has 0 bridgehead atoms. The van der Waals surface area contributed by atoms with E-state index in [1.807, 2.05) is 30.3 Å². The number of nitrogens with one attached hydrogen (secondary N) is 1. The van der Waals surface area contributed by atoms with Crippen molar-refractivity contribution in [1.82, 2.24) is 9.97 Å². The fourth-order valence-corrected chi connectivity index (χ4v) is 2.60. The number of benzene rings is 1. The van der Waals surface area contributed by atoms with Gasteiger partial charge in [0.15, 0.2) is 0 Å². The Kier molecular flexibility index (Phi) is 4.47. The smallest absolute Gasteiger partial charge is 0.373 e. The molecule has 1 aromatic carbocycles. The van der Waals surface area contributed by atoms with Crippen molar-refractivity contribution in [3.05, 3.63) is 53.9 Å². The van der Waals surface area contributed by atoms with Crippen molar-refractivity contribution in [1.29, 1.82) is 0 Å². The number of alkyl halides is 3. The quantitative estimate of drug-likeness (QED) is 0.932. The van der Waals surface area contributed by atoms with Crippen LogP contribution in [0.1, 0.15) is 30.2 Å². The van der Waals surface area contributed by atoms with Gasteiger partial charge >= 0.3 is 6.18 Å². The molecule has 2 aromatic rings. The van der Waals surface area contributed by atoms with Crippen molar-refractivity contribution in [3.63, 3.8) is 0 Å². The zero-order valence-electron chi connectivity index (χ0n) is 12.3. The third kappa shape index (κ3) is 3.98. The van der Waals surface area contributed by atoms with Crippen LogP contribution in [0.4, 0.5) is 19.1 Å². The predicted octanol–water partition coefficient (Wildman–Crippen LogP) is 3.83. The molecule has 7 heteroatoms. The fraction of sp³-hybridized carbons (Fsp3) is 0.375. The van der Waals surface area contributed by atoms with Gasteiger partial charge in [-0.1, -0.05) is 30.3 Å². The summed E-state index contributed by atoms with van der Waals surface area (Å²) in [4.78, 5) is 7.43. The summed E-state index contributed by atoms with van der Waals surface area (Å²) >= 11 is 0. The van der Waals surface area contributed by atoms with Gasteiger partial charge < -0.3 is 10.1 Å². The Labute approximate surface area is 131 Å². The average Bonchev–Trinajstić information content (AvgIpc) is 2.55. The third-order valence-corrected chi connectivity index (χ3v) is 3.73. The lowest BCUT2D eigenvalue weighted by molar-refractivity contribution is -0.141. The van der Waals surface area contributed by atoms with Gasteiger partial charge in [-0.25, -0.2) is 9.97 Å². The van der Waals surface area contributed by atoms with Crippen molar-refractivity contribution < 1.29 is 17.9 Å². The second kappa shape index (κ2) is 6.54. The van der Waals surface area contributed by atoms with Gasteiger partial charge in [0.25, 0.3) is 0 Å². The van der Waals surface area contributed by atoms with Crippen molar-refractivity contribution in [2.45, 2.75) is 31.2 Å². The Morgan fingerprint density at radius 3 is 2.65 bits per heavy atom. The third-order valence-electron chi connectivity index (χ3n) is 3.73. The normalized spacial score (nSPS) is 21.9. The predicted molar refractivity (Wildman–Crippen MR) is 78.8 cm³/mol. The van der Waals surface area contributed by atoms with E-state index in [0.717, 1.165) is 17.8 Å². The van der Waals surface area contributed by atoms with Crippen LogP contribution in [0.5, 0.6) is 0 Å². The van der Waals surface area contributed by atoms with E-state index in [1.54, 1.807) is 0 Å². The van der Waals surface area contributed by atoms with E-state index in [0.29, 0.717) is 19.4 Å². The van der Waals surface area contributed by atoms with Gasteiger partial charge in [0.05, 0.1) is 6.10 Å². The highest BCUT2D eigenvalue weighted by atomic mass is 19.4. The average molecular weight is 323 g/mol. The lowest BCUT2D eigenvalue weighted by Gasteiger charge is -2.30. The highest BCUT2D eigenvalue weighted by Crippen LogP contribution is 2.30. The van der Waals surface area contributed by atoms with Gasteiger partial charge in [0.1, 0.15) is 5.69 Å². The first-order chi connectivity index (χ1) is 11.0. The molecule has 3 rings (SSSR count). The maximum Gasteiger partial charge on any atom is 0.433 e. The molecule has 0 aliphatic carbocycles. The van der Waals surface area contributed by atoms with E-state index in [9.17, 15) is 13.2 Å². The van der Waals surface area contributed by atoms with Gasteiger partial charge in [-0.15, -0.1) is 0 Å². The first-order valence-electron chi connectivity index (χ1n) is 7.36. The monoisotopic (exact) mass is 323 g/mol. The molecule has 1 fully saturated rings. The van der Waals surface area contributed by atoms with E-state index in [1.165, 1.54) is 0 Å². The Bertz CT molecular complexity index is 649. The molecule has 122 valence electrons. The molecule has 2 heterocycles. The molecular formula is C16H16F3N3O. The van der Waals surface area contributed by atoms with Crippen LogP contribution in [0, 0.1) is 0 Å². The maximum atomic E-state index is 12.7. The zero-order chi connectivity index (χ0) is 16.3. The van der Waals surface area contributed by atoms with Crippen molar-refractivity contribution in [3.8, 4) is 0 Å². The largest absolute Gasteiger partial charge is 0.433 e. The Balaban J connectivity index is 1.68. The molecule has 0 unspecified atom stereocenters. The minimum Gasteiger partial charge on any atom is -0.373 e. The SMILES string of the molecule is FC(F)(F)c1ccnc(N[C@@H]2CCO[C@H](c3ccccc3)C2)n1. The van der Waals surface area contributed by atoms with Gasteiger partial charge in [-0.05, 0) is 24.5 Å². The zero-order valence-corrected chi connectivity index (χ0v) is 12.3. The molecule has 1 N–H and O–H groups in total. The Morgan fingerprint density at radius 1 is 1.13 bits per heavy atom. The van der Waals surface area contributed by atoms with Gasteiger partial charge in [-0.2, -0.15) is 13.2 Å². The molecular weight excluding hydrogens is 307 g/mol. The molecule has 1 saturated heterocycles. The summed E-state index contributed by atoms with van der Waals surface area (Å²) in [6.45, 7) is 0.538. The van der Waals surface area contributed by atoms with Crippen LogP contribution in [-0.4, -0.2) is 22.6 Å². The lowest BCUT2D eigenvalue weighted by atomic mass is 9.97. The number of halogens is 3. The summed E-state index contributed by atoms with van der Waals surface area (Å²) in [6.07, 6.45) is -2.08. The van der Waals surface area contributed by atoms with E-state index >= 15 is 0 Å². The number of rotatable bonds is 3.